The van der Waals surface area contributed by atoms with Crippen molar-refractivity contribution in [2.45, 2.75) is 19.6 Å². The number of ether oxygens (including phenoxy) is 3. The number of nitrogens with one attached hydrogen (secondary N) is 1. The summed E-state index contributed by atoms with van der Waals surface area (Å²) >= 11 is 0. The molecule has 9 nitrogen and oxygen atoms in total. The second-order valence-electron chi connectivity index (χ2n) is 6.34. The van der Waals surface area contributed by atoms with Crippen molar-refractivity contribution < 1.29 is 23.8 Å². The van der Waals surface area contributed by atoms with E-state index in [4.69, 9.17) is 14.2 Å². The lowest BCUT2D eigenvalue weighted by Gasteiger charge is -2.14. The summed E-state index contributed by atoms with van der Waals surface area (Å²) in [4.78, 5) is 28.4. The molecular weight excluding hydrogens is 376 g/mol. The molecule has 1 aromatic heterocycles. The van der Waals surface area contributed by atoms with Gasteiger partial charge in [-0.3, -0.25) is 4.79 Å². The number of carbonyl (C=O) groups is 2. The van der Waals surface area contributed by atoms with Gasteiger partial charge in [0.2, 0.25) is 6.79 Å². The summed E-state index contributed by atoms with van der Waals surface area (Å²) in [6, 6.07) is 12.1. The largest absolute Gasteiger partial charge is 0.454 e. The molecule has 3 aromatic rings. The van der Waals surface area contributed by atoms with Crippen LogP contribution in [0.25, 0.3) is 5.69 Å². The lowest BCUT2D eigenvalue weighted by Crippen LogP contribution is -2.35. The SMILES string of the molecule is C[C@H](OC(=O)c1ccc(-n2cncn2)cc1)C(=O)NCc1ccc2c(c1)OCO2. The number of fused-ring (bicyclic) bond motifs is 1. The van der Waals surface area contributed by atoms with E-state index in [2.05, 4.69) is 15.4 Å². The molecule has 1 amide bonds. The normalized spacial score (nSPS) is 13.0. The second-order valence-corrected chi connectivity index (χ2v) is 6.34. The number of esters is 1. The molecule has 0 fully saturated rings. The Kier molecular flexibility index (Phi) is 5.10. The first kappa shape index (κ1) is 18.5. The number of nitrogens with zero attached hydrogens (tertiary/aromatic N) is 3. The summed E-state index contributed by atoms with van der Waals surface area (Å²) in [5.41, 5.74) is 1.95. The van der Waals surface area contributed by atoms with Crippen molar-refractivity contribution in [3.8, 4) is 17.2 Å². The van der Waals surface area contributed by atoms with E-state index in [-0.39, 0.29) is 13.3 Å². The van der Waals surface area contributed by atoms with Crippen LogP contribution in [-0.4, -0.2) is 39.5 Å². The molecule has 9 heteroatoms. The highest BCUT2D eigenvalue weighted by Crippen LogP contribution is 2.32. The molecule has 2 heterocycles. The van der Waals surface area contributed by atoms with Crippen LogP contribution in [0, 0.1) is 0 Å². The fourth-order valence-corrected chi connectivity index (χ4v) is 2.76. The Hall–Kier alpha value is -3.88. The molecule has 1 N–H and O–H groups in total. The van der Waals surface area contributed by atoms with Crippen LogP contribution in [0.2, 0.25) is 0 Å². The zero-order valence-corrected chi connectivity index (χ0v) is 15.6. The van der Waals surface area contributed by atoms with Crippen LogP contribution in [0.5, 0.6) is 11.5 Å². The molecule has 0 aliphatic carbocycles. The molecule has 4 rings (SSSR count). The first-order valence-electron chi connectivity index (χ1n) is 8.92. The average Bonchev–Trinajstić information content (AvgIpc) is 3.43. The zero-order chi connectivity index (χ0) is 20.2. The molecule has 0 saturated heterocycles. The van der Waals surface area contributed by atoms with Gasteiger partial charge in [0.15, 0.2) is 17.6 Å². The molecule has 148 valence electrons. The molecular formula is C20H18N4O5. The smallest absolute Gasteiger partial charge is 0.338 e. The molecule has 29 heavy (non-hydrogen) atoms. The number of hydrogen-bond acceptors (Lipinski definition) is 7. The lowest BCUT2D eigenvalue weighted by molar-refractivity contribution is -0.129. The summed E-state index contributed by atoms with van der Waals surface area (Å²) in [7, 11) is 0. The van der Waals surface area contributed by atoms with Gasteiger partial charge in [-0.25, -0.2) is 14.5 Å². The molecule has 2 aromatic carbocycles. The summed E-state index contributed by atoms with van der Waals surface area (Å²) in [6.07, 6.45) is 2.04. The van der Waals surface area contributed by atoms with E-state index in [1.165, 1.54) is 13.3 Å². The molecule has 1 atom stereocenters. The van der Waals surface area contributed by atoms with E-state index in [9.17, 15) is 9.59 Å². The molecule has 1 aliphatic rings. The van der Waals surface area contributed by atoms with Gasteiger partial charge in [0.05, 0.1) is 11.3 Å². The zero-order valence-electron chi connectivity index (χ0n) is 15.6. The van der Waals surface area contributed by atoms with E-state index in [0.717, 1.165) is 11.3 Å². The van der Waals surface area contributed by atoms with Gasteiger partial charge in [-0.05, 0) is 48.9 Å². The van der Waals surface area contributed by atoms with Crippen molar-refractivity contribution >= 4 is 11.9 Å². The van der Waals surface area contributed by atoms with Crippen LogP contribution in [-0.2, 0) is 16.1 Å². The Bertz CT molecular complexity index is 1020. The van der Waals surface area contributed by atoms with Gasteiger partial charge < -0.3 is 19.5 Å². The maximum Gasteiger partial charge on any atom is 0.338 e. The number of amides is 1. The van der Waals surface area contributed by atoms with Gasteiger partial charge >= 0.3 is 5.97 Å². The highest BCUT2D eigenvalue weighted by molar-refractivity contribution is 5.92. The first-order valence-corrected chi connectivity index (χ1v) is 8.92. The summed E-state index contributed by atoms with van der Waals surface area (Å²) in [5, 5.41) is 6.76. The molecule has 0 radical (unpaired) electrons. The van der Waals surface area contributed by atoms with Crippen LogP contribution in [0.3, 0.4) is 0 Å². The quantitative estimate of drug-likeness (QED) is 0.636. The van der Waals surface area contributed by atoms with Crippen LogP contribution in [0.4, 0.5) is 0 Å². The van der Waals surface area contributed by atoms with E-state index in [1.54, 1.807) is 47.4 Å². The van der Waals surface area contributed by atoms with Gasteiger partial charge in [-0.1, -0.05) is 6.07 Å². The third-order valence-electron chi connectivity index (χ3n) is 4.34. The fraction of sp³-hybridized carbons (Fsp3) is 0.200. The van der Waals surface area contributed by atoms with Crippen molar-refractivity contribution in [2.24, 2.45) is 0 Å². The van der Waals surface area contributed by atoms with Gasteiger partial charge in [-0.15, -0.1) is 0 Å². The lowest BCUT2D eigenvalue weighted by atomic mass is 10.2. The highest BCUT2D eigenvalue weighted by Gasteiger charge is 2.19. The number of rotatable bonds is 6. The van der Waals surface area contributed by atoms with Crippen LogP contribution >= 0.6 is 0 Å². The maximum atomic E-state index is 12.3. The average molecular weight is 394 g/mol. The van der Waals surface area contributed by atoms with Gasteiger partial charge in [0.1, 0.15) is 12.7 Å². The van der Waals surface area contributed by atoms with Crippen LogP contribution < -0.4 is 14.8 Å². The van der Waals surface area contributed by atoms with Crippen molar-refractivity contribution in [1.29, 1.82) is 0 Å². The van der Waals surface area contributed by atoms with E-state index in [0.29, 0.717) is 17.1 Å². The number of aromatic nitrogens is 3. The predicted molar refractivity (Wildman–Crippen MR) is 101 cm³/mol. The maximum absolute atomic E-state index is 12.3. The third-order valence-corrected chi connectivity index (χ3v) is 4.34. The Morgan fingerprint density at radius 1 is 1.17 bits per heavy atom. The molecule has 0 spiro atoms. The highest BCUT2D eigenvalue weighted by atomic mass is 16.7. The second kappa shape index (κ2) is 8.01. The standard InChI is InChI=1S/C20H18N4O5/c1-13(19(25)22-9-14-2-7-17-18(8-14)28-12-27-17)29-20(26)15-3-5-16(6-4-15)24-11-21-10-23-24/h2-8,10-11,13H,9,12H2,1H3,(H,22,25)/t13-/m0/s1. The van der Waals surface area contributed by atoms with E-state index >= 15 is 0 Å². The van der Waals surface area contributed by atoms with Crippen molar-refractivity contribution in [3.63, 3.8) is 0 Å². The van der Waals surface area contributed by atoms with E-state index in [1.807, 2.05) is 6.07 Å². The summed E-state index contributed by atoms with van der Waals surface area (Å²) in [6.45, 7) is 2.00. The van der Waals surface area contributed by atoms with Crippen molar-refractivity contribution in [2.75, 3.05) is 6.79 Å². The Balaban J connectivity index is 1.30. The Morgan fingerprint density at radius 3 is 2.72 bits per heavy atom. The number of benzene rings is 2. The number of hydrogen-bond donors (Lipinski definition) is 1. The Morgan fingerprint density at radius 2 is 1.97 bits per heavy atom. The minimum absolute atomic E-state index is 0.192. The van der Waals surface area contributed by atoms with Crippen molar-refractivity contribution in [3.05, 3.63) is 66.2 Å². The monoisotopic (exact) mass is 394 g/mol. The van der Waals surface area contributed by atoms with Gasteiger partial charge in [0.25, 0.3) is 5.91 Å². The van der Waals surface area contributed by atoms with Crippen LogP contribution in [0.15, 0.2) is 55.1 Å². The summed E-state index contributed by atoms with van der Waals surface area (Å²) < 4.78 is 17.4. The minimum atomic E-state index is -0.938. The minimum Gasteiger partial charge on any atom is -0.454 e. The molecule has 0 saturated carbocycles. The Labute approximate surface area is 166 Å². The van der Waals surface area contributed by atoms with Crippen LogP contribution in [0.1, 0.15) is 22.8 Å². The molecule has 1 aliphatic heterocycles. The van der Waals surface area contributed by atoms with E-state index < -0.39 is 18.0 Å². The first-order chi connectivity index (χ1) is 14.1. The van der Waals surface area contributed by atoms with Gasteiger partial charge in [-0.2, -0.15) is 5.10 Å². The van der Waals surface area contributed by atoms with Gasteiger partial charge in [0, 0.05) is 6.54 Å². The topological polar surface area (TPSA) is 105 Å². The molecule has 0 bridgehead atoms. The fourth-order valence-electron chi connectivity index (χ4n) is 2.76. The molecule has 0 unspecified atom stereocenters. The predicted octanol–water partition coefficient (Wildman–Crippen LogP) is 1.86. The number of carbonyl (C=O) groups excluding carboxylic acids is 2. The third kappa shape index (κ3) is 4.18. The van der Waals surface area contributed by atoms with Crippen molar-refractivity contribution in [1.82, 2.24) is 20.1 Å². The summed E-state index contributed by atoms with van der Waals surface area (Å²) in [5.74, 6) is 0.346.